The first kappa shape index (κ1) is 31.8. The zero-order valence-corrected chi connectivity index (χ0v) is 23.5. The van der Waals surface area contributed by atoms with Crippen LogP contribution in [0, 0.1) is 5.92 Å². The lowest BCUT2D eigenvalue weighted by Crippen LogP contribution is -2.47. The van der Waals surface area contributed by atoms with Gasteiger partial charge in [0.2, 0.25) is 0 Å². The number of carbonyl (C=O) groups excluding carboxylic acids is 1. The highest BCUT2D eigenvalue weighted by Crippen LogP contribution is 2.41. The fourth-order valence-corrected chi connectivity index (χ4v) is 7.33. The van der Waals surface area contributed by atoms with E-state index in [-0.39, 0.29) is 25.2 Å². The number of amides is 1. The van der Waals surface area contributed by atoms with Crippen molar-refractivity contribution in [1.29, 1.82) is 0 Å². The van der Waals surface area contributed by atoms with Gasteiger partial charge in [-0.3, -0.25) is 4.79 Å². The van der Waals surface area contributed by atoms with Crippen LogP contribution in [-0.2, 0) is 32.0 Å². The van der Waals surface area contributed by atoms with E-state index in [4.69, 9.17) is 0 Å². The molecule has 1 amide bonds. The number of rotatable bonds is 8. The first-order valence-corrected chi connectivity index (χ1v) is 15.1. The number of halogens is 6. The van der Waals surface area contributed by atoms with Crippen molar-refractivity contribution in [3.8, 4) is 0 Å². The Labute approximate surface area is 228 Å². The molecule has 1 aromatic carbocycles. The fraction of sp³-hybridized carbons (Fsp3) is 0.520. The molecule has 1 heterocycles. The van der Waals surface area contributed by atoms with Crippen molar-refractivity contribution in [1.82, 2.24) is 10.3 Å². The maximum absolute atomic E-state index is 13.2. The number of nitrogens with zero attached hydrogens (tertiary/aromatic N) is 1. The van der Waals surface area contributed by atoms with Gasteiger partial charge < -0.3 is 5.32 Å². The minimum absolute atomic E-state index is 0.0590. The van der Waals surface area contributed by atoms with Crippen LogP contribution in [0.4, 0.5) is 26.3 Å². The molecule has 0 aliphatic heterocycles. The molecule has 1 aromatic heterocycles. The molecule has 0 atom stereocenters. The van der Waals surface area contributed by atoms with Gasteiger partial charge in [0.25, 0.3) is 5.91 Å². The van der Waals surface area contributed by atoms with Gasteiger partial charge in [-0.25, -0.2) is 21.8 Å². The third-order valence-electron chi connectivity index (χ3n) is 6.87. The van der Waals surface area contributed by atoms with E-state index in [1.807, 2.05) is 0 Å². The molecular formula is C25H28F6N2O5S2. The Morgan fingerprint density at radius 2 is 1.55 bits per heavy atom. The average Bonchev–Trinajstić information content (AvgIpc) is 2.80. The highest BCUT2D eigenvalue weighted by atomic mass is 32.2. The minimum Gasteiger partial charge on any atom is -0.348 e. The van der Waals surface area contributed by atoms with Gasteiger partial charge in [0, 0.05) is 12.2 Å². The maximum atomic E-state index is 13.2. The number of hydrogen-bond donors (Lipinski definition) is 1. The van der Waals surface area contributed by atoms with Crippen molar-refractivity contribution in [2.45, 2.75) is 85.1 Å². The maximum Gasteiger partial charge on any atom is 0.417 e. The van der Waals surface area contributed by atoms with E-state index in [1.54, 1.807) is 0 Å². The number of nitrogens with one attached hydrogen (secondary N) is 1. The van der Waals surface area contributed by atoms with E-state index >= 15 is 0 Å². The van der Waals surface area contributed by atoms with Crippen LogP contribution in [-0.4, -0.2) is 43.8 Å². The number of pyridine rings is 1. The molecule has 7 nitrogen and oxygen atoms in total. The zero-order valence-electron chi connectivity index (χ0n) is 21.9. The second-order valence-corrected chi connectivity index (χ2v) is 15.7. The summed E-state index contributed by atoms with van der Waals surface area (Å²) in [5.74, 6) is -1.24. The topological polar surface area (TPSA) is 110 Å². The summed E-state index contributed by atoms with van der Waals surface area (Å²) in [7, 11) is -8.49. The molecule has 15 heteroatoms. The molecule has 0 spiro atoms. The number of aromatic nitrogens is 1. The van der Waals surface area contributed by atoms with Crippen molar-refractivity contribution in [2.75, 3.05) is 0 Å². The number of hydrogen-bond acceptors (Lipinski definition) is 6. The summed E-state index contributed by atoms with van der Waals surface area (Å²) in [5.41, 5.74) is -3.10. The van der Waals surface area contributed by atoms with Crippen LogP contribution in [0.1, 0.15) is 68.6 Å². The van der Waals surface area contributed by atoms with Gasteiger partial charge in [0.15, 0.2) is 19.7 Å². The van der Waals surface area contributed by atoms with Crippen LogP contribution in [0.15, 0.2) is 46.3 Å². The first-order chi connectivity index (χ1) is 18.1. The lowest BCUT2D eigenvalue weighted by molar-refractivity contribution is -0.138. The molecule has 3 rings (SSSR count). The van der Waals surface area contributed by atoms with Crippen LogP contribution in [0.3, 0.4) is 0 Å². The van der Waals surface area contributed by atoms with Gasteiger partial charge in [-0.1, -0.05) is 6.07 Å². The van der Waals surface area contributed by atoms with Crippen molar-refractivity contribution < 1.29 is 48.0 Å². The van der Waals surface area contributed by atoms with Crippen LogP contribution in [0.2, 0.25) is 0 Å². The summed E-state index contributed by atoms with van der Waals surface area (Å²) in [6.45, 7) is 5.29. The van der Waals surface area contributed by atoms with Crippen molar-refractivity contribution in [2.24, 2.45) is 5.92 Å². The fourth-order valence-electron chi connectivity index (χ4n) is 4.48. The van der Waals surface area contributed by atoms with Gasteiger partial charge in [-0.05, 0) is 77.1 Å². The summed E-state index contributed by atoms with van der Waals surface area (Å²) < 4.78 is 129. The minimum atomic E-state index is -4.88. The van der Waals surface area contributed by atoms with E-state index in [1.165, 1.54) is 27.7 Å². The highest BCUT2D eigenvalue weighted by molar-refractivity contribution is 7.92. The van der Waals surface area contributed by atoms with Gasteiger partial charge >= 0.3 is 12.4 Å². The van der Waals surface area contributed by atoms with Crippen LogP contribution < -0.4 is 5.32 Å². The van der Waals surface area contributed by atoms with Gasteiger partial charge in [0.1, 0.15) is 5.69 Å². The zero-order chi connectivity index (χ0) is 30.5. The second kappa shape index (κ2) is 10.6. The molecule has 1 saturated carbocycles. The van der Waals surface area contributed by atoms with Crippen molar-refractivity contribution in [3.63, 3.8) is 0 Å². The van der Waals surface area contributed by atoms with E-state index in [9.17, 15) is 48.0 Å². The third-order valence-corrected chi connectivity index (χ3v) is 11.5. The predicted octanol–water partition coefficient (Wildman–Crippen LogP) is 5.45. The highest BCUT2D eigenvalue weighted by Gasteiger charge is 2.43. The van der Waals surface area contributed by atoms with E-state index in [0.29, 0.717) is 18.3 Å². The Morgan fingerprint density at radius 1 is 0.975 bits per heavy atom. The molecule has 1 N–H and O–H groups in total. The summed E-state index contributed by atoms with van der Waals surface area (Å²) in [5, 5.41) is 1.40. The molecule has 222 valence electrons. The van der Waals surface area contributed by atoms with Crippen molar-refractivity contribution >= 4 is 25.6 Å². The lowest BCUT2D eigenvalue weighted by atomic mass is 9.75. The van der Waals surface area contributed by atoms with Gasteiger partial charge in [-0.15, -0.1) is 0 Å². The summed E-state index contributed by atoms with van der Waals surface area (Å²) >= 11 is 0. The number of sulfone groups is 2. The van der Waals surface area contributed by atoms with E-state index < -0.39 is 80.6 Å². The Morgan fingerprint density at radius 3 is 2.08 bits per heavy atom. The summed E-state index contributed by atoms with van der Waals surface area (Å²) in [6.07, 6.45) is -8.64. The molecule has 1 aliphatic carbocycles. The quantitative estimate of drug-likeness (QED) is 0.396. The van der Waals surface area contributed by atoms with E-state index in [0.717, 1.165) is 18.2 Å². The number of carbonyl (C=O) groups is 1. The first-order valence-electron chi connectivity index (χ1n) is 12.1. The SMILES string of the molecule is CC(C)S(=O)(=O)c1cc(C(F)(F)F)cnc1C(=O)NC1CC(CC(C)(C)S(=O)(=O)c2cccc(C(F)(F)F)c2)C1. The largest absolute Gasteiger partial charge is 0.417 e. The van der Waals surface area contributed by atoms with Gasteiger partial charge in [-0.2, -0.15) is 26.3 Å². The van der Waals surface area contributed by atoms with Crippen LogP contribution in [0.5, 0.6) is 0 Å². The van der Waals surface area contributed by atoms with Crippen LogP contribution in [0.25, 0.3) is 0 Å². The van der Waals surface area contributed by atoms with Gasteiger partial charge in [0.05, 0.1) is 30.9 Å². The monoisotopic (exact) mass is 614 g/mol. The molecular weight excluding hydrogens is 586 g/mol. The van der Waals surface area contributed by atoms with Crippen molar-refractivity contribution in [3.05, 3.63) is 53.3 Å². The molecule has 40 heavy (non-hydrogen) atoms. The molecule has 0 radical (unpaired) electrons. The standard InChI is InChI=1S/C25H28F6N2O5S2/c1-14(2)39(35,36)20-11-17(25(29,30)31)13-32-21(20)22(34)33-18-8-15(9-18)12-23(3,4)40(37,38)19-7-5-6-16(10-19)24(26,27)28/h5-7,10-11,13-15,18H,8-9,12H2,1-4H3,(H,33,34). The normalized spacial score (nSPS) is 18.9. The smallest absolute Gasteiger partial charge is 0.348 e. The molecule has 1 aliphatic rings. The Kier molecular flexibility index (Phi) is 8.45. The Balaban J connectivity index is 1.73. The molecule has 1 fully saturated rings. The number of benzene rings is 1. The number of alkyl halides is 6. The van der Waals surface area contributed by atoms with E-state index in [2.05, 4.69) is 10.3 Å². The lowest BCUT2D eigenvalue weighted by Gasteiger charge is -2.40. The third kappa shape index (κ3) is 6.45. The molecule has 0 bridgehead atoms. The average molecular weight is 615 g/mol. The molecule has 2 aromatic rings. The van der Waals surface area contributed by atoms with Crippen LogP contribution >= 0.6 is 0 Å². The summed E-state index contributed by atoms with van der Waals surface area (Å²) in [6, 6.07) is 3.31. The molecule has 0 unspecified atom stereocenters. The Bertz CT molecular complexity index is 1490. The summed E-state index contributed by atoms with van der Waals surface area (Å²) in [4.78, 5) is 15.0. The Hall–Kier alpha value is -2.68. The second-order valence-electron chi connectivity index (χ2n) is 10.7. The molecule has 0 saturated heterocycles. The predicted molar refractivity (Wildman–Crippen MR) is 133 cm³/mol.